The third-order valence-corrected chi connectivity index (χ3v) is 8.74. The number of rotatable bonds is 9. The van der Waals surface area contributed by atoms with Crippen molar-refractivity contribution in [2.24, 2.45) is 0 Å². The molecule has 2 aliphatic heterocycles. The Hall–Kier alpha value is -1.92. The van der Waals surface area contributed by atoms with Gasteiger partial charge in [-0.2, -0.15) is 0 Å². The van der Waals surface area contributed by atoms with E-state index in [4.69, 9.17) is 9.47 Å². The number of benzene rings is 2. The zero-order chi connectivity index (χ0) is 26.0. The van der Waals surface area contributed by atoms with Crippen molar-refractivity contribution in [1.29, 1.82) is 0 Å². The molecule has 2 fully saturated rings. The van der Waals surface area contributed by atoms with E-state index < -0.39 is 0 Å². The lowest BCUT2D eigenvalue weighted by Gasteiger charge is -2.41. The van der Waals surface area contributed by atoms with Gasteiger partial charge in [0.2, 0.25) is 0 Å². The second-order valence-corrected chi connectivity index (χ2v) is 12.4. The van der Waals surface area contributed by atoms with E-state index in [2.05, 4.69) is 85.4 Å². The van der Waals surface area contributed by atoms with Gasteiger partial charge in [0, 0.05) is 65.6 Å². The number of hydrogen-bond acceptors (Lipinski definition) is 4. The van der Waals surface area contributed by atoms with Crippen molar-refractivity contribution in [2.45, 2.75) is 77.9 Å². The molecule has 0 radical (unpaired) electrons. The summed E-state index contributed by atoms with van der Waals surface area (Å²) in [5.41, 5.74) is 5.84. The number of morpholine rings is 2. The van der Waals surface area contributed by atoms with E-state index in [1.54, 1.807) is 0 Å². The van der Waals surface area contributed by atoms with Crippen LogP contribution in [0.3, 0.4) is 0 Å². The topological polar surface area (TPSA) is 29.9 Å². The van der Waals surface area contributed by atoms with Gasteiger partial charge >= 0.3 is 0 Å². The van der Waals surface area contributed by atoms with E-state index in [9.17, 15) is 0 Å². The highest BCUT2D eigenvalue weighted by atomic mass is 16.5. The zero-order valence-electron chi connectivity index (χ0n) is 23.8. The van der Waals surface area contributed by atoms with E-state index >= 15 is 0 Å². The fourth-order valence-electron chi connectivity index (χ4n) is 6.54. The number of aryl methyl sites for hydroxylation is 1. The second kappa shape index (κ2) is 11.1. The number of ether oxygens (including phenoxy) is 2. The Morgan fingerprint density at radius 3 is 1.51 bits per heavy atom. The fourth-order valence-corrected chi connectivity index (χ4v) is 6.54. The number of hydrogen-bond donors (Lipinski definition) is 0. The number of fused-ring (bicyclic) bond motifs is 3. The van der Waals surface area contributed by atoms with Gasteiger partial charge in [0.25, 0.3) is 0 Å². The van der Waals surface area contributed by atoms with Crippen molar-refractivity contribution in [3.05, 3.63) is 47.5 Å². The Kier molecular flexibility index (Phi) is 7.97. The second-order valence-electron chi connectivity index (χ2n) is 12.4. The van der Waals surface area contributed by atoms with Gasteiger partial charge in [0.15, 0.2) is 0 Å². The van der Waals surface area contributed by atoms with Crippen LogP contribution in [0.15, 0.2) is 36.4 Å². The summed E-state index contributed by atoms with van der Waals surface area (Å²) in [6.45, 7) is 20.4. The molecule has 3 aromatic rings. The molecule has 0 spiro atoms. The molecule has 5 rings (SSSR count). The third-order valence-electron chi connectivity index (χ3n) is 8.74. The van der Waals surface area contributed by atoms with Gasteiger partial charge in [-0.05, 0) is 82.3 Å². The van der Waals surface area contributed by atoms with Crippen LogP contribution < -0.4 is 0 Å². The van der Waals surface area contributed by atoms with E-state index in [-0.39, 0.29) is 11.1 Å². The van der Waals surface area contributed by atoms with Gasteiger partial charge in [-0.15, -0.1) is 0 Å². The van der Waals surface area contributed by atoms with Crippen LogP contribution in [0.2, 0.25) is 0 Å². The average molecular weight is 506 g/mol. The Bertz CT molecular complexity index is 1110. The Morgan fingerprint density at radius 2 is 1.11 bits per heavy atom. The zero-order valence-corrected chi connectivity index (χ0v) is 23.8. The molecule has 0 amide bonds. The summed E-state index contributed by atoms with van der Waals surface area (Å²) >= 11 is 0. The molecule has 3 heterocycles. The Labute approximate surface area is 223 Å². The van der Waals surface area contributed by atoms with Crippen molar-refractivity contribution < 1.29 is 9.47 Å². The van der Waals surface area contributed by atoms with Gasteiger partial charge in [-0.1, -0.05) is 25.5 Å². The van der Waals surface area contributed by atoms with Crippen molar-refractivity contribution in [3.63, 3.8) is 0 Å². The molecule has 0 unspecified atom stereocenters. The molecule has 5 heteroatoms. The molecule has 0 bridgehead atoms. The SMILES string of the molecule is CCCCn1c2ccc(CC(C)(C)N3CCOCC3)cc2c2cc(CC(C)(C)N3CCOCC3)ccc21. The van der Waals surface area contributed by atoms with Crippen molar-refractivity contribution >= 4 is 21.8 Å². The van der Waals surface area contributed by atoms with E-state index in [0.29, 0.717) is 0 Å². The van der Waals surface area contributed by atoms with E-state index in [0.717, 1.165) is 72.0 Å². The van der Waals surface area contributed by atoms with Gasteiger partial charge in [-0.25, -0.2) is 0 Å². The summed E-state index contributed by atoms with van der Waals surface area (Å²) in [6.07, 6.45) is 4.51. The summed E-state index contributed by atoms with van der Waals surface area (Å²) in [5.74, 6) is 0. The first kappa shape index (κ1) is 26.7. The van der Waals surface area contributed by atoms with Gasteiger partial charge in [0.1, 0.15) is 0 Å². The molecule has 37 heavy (non-hydrogen) atoms. The first-order valence-corrected chi connectivity index (χ1v) is 14.5. The number of aromatic nitrogens is 1. The van der Waals surface area contributed by atoms with Crippen molar-refractivity contribution in [2.75, 3.05) is 52.6 Å². The molecule has 202 valence electrons. The lowest BCUT2D eigenvalue weighted by molar-refractivity contribution is -0.00984. The van der Waals surface area contributed by atoms with Crippen LogP contribution in [0.4, 0.5) is 0 Å². The fraction of sp³-hybridized carbons (Fsp3) is 0.625. The highest BCUT2D eigenvalue weighted by Crippen LogP contribution is 2.34. The monoisotopic (exact) mass is 505 g/mol. The van der Waals surface area contributed by atoms with Gasteiger partial charge < -0.3 is 14.0 Å². The quantitative estimate of drug-likeness (QED) is 0.362. The molecule has 2 aromatic carbocycles. The van der Waals surface area contributed by atoms with E-state index in [1.807, 2.05) is 0 Å². The first-order valence-electron chi connectivity index (χ1n) is 14.5. The maximum atomic E-state index is 5.62. The lowest BCUT2D eigenvalue weighted by atomic mass is 9.90. The minimum Gasteiger partial charge on any atom is -0.379 e. The van der Waals surface area contributed by atoms with Crippen LogP contribution in [-0.2, 0) is 28.9 Å². The van der Waals surface area contributed by atoms with Gasteiger partial charge in [0.05, 0.1) is 26.4 Å². The average Bonchev–Trinajstić information content (AvgIpc) is 3.20. The molecule has 0 saturated carbocycles. The van der Waals surface area contributed by atoms with Crippen molar-refractivity contribution in [1.82, 2.24) is 14.4 Å². The van der Waals surface area contributed by atoms with Crippen LogP contribution >= 0.6 is 0 Å². The Balaban J connectivity index is 1.49. The van der Waals surface area contributed by atoms with Crippen LogP contribution in [-0.4, -0.2) is 78.1 Å². The maximum Gasteiger partial charge on any atom is 0.0594 e. The van der Waals surface area contributed by atoms with Crippen LogP contribution in [0.5, 0.6) is 0 Å². The molecule has 0 N–H and O–H groups in total. The van der Waals surface area contributed by atoms with Crippen LogP contribution in [0.25, 0.3) is 21.8 Å². The highest BCUT2D eigenvalue weighted by molar-refractivity contribution is 6.08. The molecular weight excluding hydrogens is 458 g/mol. The smallest absolute Gasteiger partial charge is 0.0594 e. The Morgan fingerprint density at radius 1 is 0.676 bits per heavy atom. The maximum absolute atomic E-state index is 5.62. The lowest BCUT2D eigenvalue weighted by Crippen LogP contribution is -2.51. The predicted molar refractivity (Wildman–Crippen MR) is 155 cm³/mol. The summed E-state index contributed by atoms with van der Waals surface area (Å²) in [4.78, 5) is 5.19. The molecule has 0 aliphatic carbocycles. The summed E-state index contributed by atoms with van der Waals surface area (Å²) < 4.78 is 13.8. The standard InChI is InChI=1S/C32H47N3O2/c1-6-7-12-35-29-10-8-25(23-31(2,3)33-13-17-36-18-14-33)21-27(29)28-22-26(9-11-30(28)35)24-32(4,5)34-15-19-37-20-16-34/h8-11,21-22H,6-7,12-20,23-24H2,1-5H3. The van der Waals surface area contributed by atoms with Crippen LogP contribution in [0.1, 0.15) is 58.6 Å². The highest BCUT2D eigenvalue weighted by Gasteiger charge is 2.30. The normalized spacial score (nSPS) is 18.7. The molecule has 2 aliphatic rings. The van der Waals surface area contributed by atoms with Crippen LogP contribution in [0, 0.1) is 0 Å². The predicted octanol–water partition coefficient (Wildman–Crippen LogP) is 5.90. The first-order chi connectivity index (χ1) is 17.8. The third kappa shape index (κ3) is 5.75. The molecule has 0 atom stereocenters. The van der Waals surface area contributed by atoms with Crippen molar-refractivity contribution in [3.8, 4) is 0 Å². The summed E-state index contributed by atoms with van der Waals surface area (Å²) in [7, 11) is 0. The summed E-state index contributed by atoms with van der Waals surface area (Å²) in [6, 6.07) is 14.5. The minimum absolute atomic E-state index is 0.116. The van der Waals surface area contributed by atoms with E-state index in [1.165, 1.54) is 45.8 Å². The minimum atomic E-state index is 0.116. The number of unbranched alkanes of at least 4 members (excludes halogenated alkanes) is 1. The molecule has 2 saturated heterocycles. The molecule has 5 nitrogen and oxygen atoms in total. The van der Waals surface area contributed by atoms with Gasteiger partial charge in [-0.3, -0.25) is 9.80 Å². The molecule has 1 aromatic heterocycles. The molecular formula is C32H47N3O2. The largest absolute Gasteiger partial charge is 0.379 e. The number of nitrogens with zero attached hydrogens (tertiary/aromatic N) is 3. The summed E-state index contributed by atoms with van der Waals surface area (Å²) in [5, 5.41) is 2.82.